The summed E-state index contributed by atoms with van der Waals surface area (Å²) >= 11 is 0. The molecule has 0 aliphatic carbocycles. The summed E-state index contributed by atoms with van der Waals surface area (Å²) in [6, 6.07) is 27.1. The minimum atomic E-state index is -0.128. The number of rotatable bonds is 6. The molecule has 0 unspecified atom stereocenters. The average molecular weight is 412 g/mol. The van der Waals surface area contributed by atoms with Crippen LogP contribution in [0.2, 0.25) is 0 Å². The first kappa shape index (κ1) is 20.5. The number of para-hydroxylation sites is 2. The third-order valence-electron chi connectivity index (χ3n) is 5.40. The maximum atomic E-state index is 13.2. The highest BCUT2D eigenvalue weighted by atomic mass is 16.2. The molecule has 4 rings (SSSR count). The Morgan fingerprint density at radius 2 is 1.58 bits per heavy atom. The Bertz CT molecular complexity index is 1090. The molecule has 0 radical (unpaired) electrons. The highest BCUT2D eigenvalue weighted by molar-refractivity contribution is 6.18. The summed E-state index contributed by atoms with van der Waals surface area (Å²) in [7, 11) is 0. The first-order valence-corrected chi connectivity index (χ1v) is 10.5. The van der Waals surface area contributed by atoms with E-state index in [0.29, 0.717) is 30.2 Å². The van der Waals surface area contributed by atoms with Crippen LogP contribution < -0.4 is 4.90 Å². The number of amides is 2. The lowest BCUT2D eigenvalue weighted by molar-refractivity contribution is -0.131. The minimum Gasteiger partial charge on any atom is -0.337 e. The van der Waals surface area contributed by atoms with Gasteiger partial charge in [0.05, 0.1) is 23.5 Å². The molecule has 3 aromatic rings. The Morgan fingerprint density at radius 3 is 2.29 bits per heavy atom. The van der Waals surface area contributed by atoms with Crippen LogP contribution in [0, 0.1) is 0 Å². The van der Waals surface area contributed by atoms with Crippen molar-refractivity contribution in [2.24, 2.45) is 4.99 Å². The summed E-state index contributed by atoms with van der Waals surface area (Å²) in [5.74, 6) is -0.214. The van der Waals surface area contributed by atoms with Gasteiger partial charge in [-0.2, -0.15) is 0 Å². The van der Waals surface area contributed by atoms with Gasteiger partial charge in [0.25, 0.3) is 0 Å². The van der Waals surface area contributed by atoms with Crippen molar-refractivity contribution in [1.82, 2.24) is 4.90 Å². The second-order valence-electron chi connectivity index (χ2n) is 7.46. The molecule has 31 heavy (non-hydrogen) atoms. The van der Waals surface area contributed by atoms with Crippen molar-refractivity contribution >= 4 is 28.9 Å². The zero-order chi connectivity index (χ0) is 21.6. The molecule has 0 saturated heterocycles. The van der Waals surface area contributed by atoms with E-state index in [1.165, 1.54) is 0 Å². The Hall–Kier alpha value is -3.73. The molecule has 0 fully saturated rings. The van der Waals surface area contributed by atoms with E-state index in [0.717, 1.165) is 11.1 Å². The van der Waals surface area contributed by atoms with Crippen molar-refractivity contribution in [3.05, 3.63) is 96.1 Å². The van der Waals surface area contributed by atoms with Crippen LogP contribution in [0.4, 0.5) is 11.4 Å². The van der Waals surface area contributed by atoms with Crippen LogP contribution in [0.25, 0.3) is 0 Å². The number of likely N-dealkylation sites (N-methyl/N-ethyl adjacent to an activating group) is 1. The molecule has 156 valence electrons. The van der Waals surface area contributed by atoms with E-state index in [-0.39, 0.29) is 24.8 Å². The Balaban J connectivity index is 1.59. The lowest BCUT2D eigenvalue weighted by Gasteiger charge is -2.27. The van der Waals surface area contributed by atoms with Gasteiger partial charge >= 0.3 is 0 Å². The third kappa shape index (κ3) is 4.72. The van der Waals surface area contributed by atoms with Gasteiger partial charge in [-0.05, 0) is 30.2 Å². The van der Waals surface area contributed by atoms with Gasteiger partial charge in [0.15, 0.2) is 0 Å². The van der Waals surface area contributed by atoms with Gasteiger partial charge in [-0.15, -0.1) is 0 Å². The maximum absolute atomic E-state index is 13.2. The highest BCUT2D eigenvalue weighted by Crippen LogP contribution is 2.32. The second-order valence-corrected chi connectivity index (χ2v) is 7.46. The topological polar surface area (TPSA) is 53.0 Å². The number of benzene rings is 3. The van der Waals surface area contributed by atoms with Crippen molar-refractivity contribution in [3.63, 3.8) is 0 Å². The minimum absolute atomic E-state index is 0.00584. The molecule has 2 amide bonds. The molecule has 0 N–H and O–H groups in total. The largest absolute Gasteiger partial charge is 0.337 e. The summed E-state index contributed by atoms with van der Waals surface area (Å²) in [5, 5.41) is 0. The lowest BCUT2D eigenvalue weighted by Crippen LogP contribution is -2.43. The van der Waals surface area contributed by atoms with Gasteiger partial charge < -0.3 is 9.80 Å². The lowest BCUT2D eigenvalue weighted by atomic mass is 10.1. The molecule has 3 aromatic carbocycles. The van der Waals surface area contributed by atoms with Gasteiger partial charge in [-0.1, -0.05) is 72.8 Å². The normalized spacial score (nSPS) is 13.3. The van der Waals surface area contributed by atoms with E-state index in [2.05, 4.69) is 0 Å². The molecule has 5 heteroatoms. The standard InChI is InChI=1S/C26H25N3O2/c1-2-28(18-20-11-5-3-6-12-20)26(31)19-29-24-16-10-9-15-22(24)27-23(17-25(29)30)21-13-7-4-8-14-21/h3-16H,2,17-19H2,1H3. The van der Waals surface area contributed by atoms with Crippen molar-refractivity contribution in [2.45, 2.75) is 19.9 Å². The monoisotopic (exact) mass is 411 g/mol. The van der Waals surface area contributed by atoms with Crippen molar-refractivity contribution in [1.29, 1.82) is 0 Å². The molecule has 1 aliphatic heterocycles. The molecule has 1 aliphatic rings. The van der Waals surface area contributed by atoms with Crippen molar-refractivity contribution in [3.8, 4) is 0 Å². The molecular formula is C26H25N3O2. The number of aliphatic imine (C=N–C) groups is 1. The van der Waals surface area contributed by atoms with Crippen molar-refractivity contribution < 1.29 is 9.59 Å². The number of anilines is 1. The maximum Gasteiger partial charge on any atom is 0.242 e. The predicted octanol–water partition coefficient (Wildman–Crippen LogP) is 4.59. The SMILES string of the molecule is CCN(Cc1ccccc1)C(=O)CN1C(=O)CC(c2ccccc2)=Nc2ccccc21. The fourth-order valence-electron chi connectivity index (χ4n) is 3.73. The molecule has 0 aromatic heterocycles. The molecule has 1 heterocycles. The zero-order valence-corrected chi connectivity index (χ0v) is 17.6. The van der Waals surface area contributed by atoms with E-state index in [4.69, 9.17) is 4.99 Å². The first-order valence-electron chi connectivity index (χ1n) is 10.5. The van der Waals surface area contributed by atoms with Crippen molar-refractivity contribution in [2.75, 3.05) is 18.0 Å². The molecule has 5 nitrogen and oxygen atoms in total. The van der Waals surface area contributed by atoms with Crippen LogP contribution in [-0.2, 0) is 16.1 Å². The van der Waals surface area contributed by atoms with Crippen LogP contribution in [-0.4, -0.2) is 35.5 Å². The van der Waals surface area contributed by atoms with Gasteiger partial charge in [0, 0.05) is 13.1 Å². The predicted molar refractivity (Wildman–Crippen MR) is 124 cm³/mol. The number of fused-ring (bicyclic) bond motifs is 1. The van der Waals surface area contributed by atoms with Gasteiger partial charge in [0.1, 0.15) is 6.54 Å². The Labute approximate surface area is 182 Å². The van der Waals surface area contributed by atoms with E-state index in [9.17, 15) is 9.59 Å². The highest BCUT2D eigenvalue weighted by Gasteiger charge is 2.28. The number of carbonyl (C=O) groups excluding carboxylic acids is 2. The quantitative estimate of drug-likeness (QED) is 0.596. The fraction of sp³-hybridized carbons (Fsp3) is 0.192. The number of hydrogen-bond donors (Lipinski definition) is 0. The van der Waals surface area contributed by atoms with Crippen LogP contribution in [0.3, 0.4) is 0 Å². The molecule has 0 spiro atoms. The molecule has 0 atom stereocenters. The third-order valence-corrected chi connectivity index (χ3v) is 5.40. The fourth-order valence-corrected chi connectivity index (χ4v) is 3.73. The van der Waals surface area contributed by atoms with E-state index < -0.39 is 0 Å². The van der Waals surface area contributed by atoms with Crippen LogP contribution in [0.15, 0.2) is 89.9 Å². The van der Waals surface area contributed by atoms with E-state index in [1.54, 1.807) is 9.80 Å². The summed E-state index contributed by atoms with van der Waals surface area (Å²) in [6.45, 7) is 3.04. The summed E-state index contributed by atoms with van der Waals surface area (Å²) in [6.07, 6.45) is 0.150. The van der Waals surface area contributed by atoms with Crippen LogP contribution in [0.1, 0.15) is 24.5 Å². The Kier molecular flexibility index (Phi) is 6.22. The van der Waals surface area contributed by atoms with Crippen LogP contribution >= 0.6 is 0 Å². The Morgan fingerprint density at radius 1 is 0.935 bits per heavy atom. The number of carbonyl (C=O) groups is 2. The van der Waals surface area contributed by atoms with E-state index >= 15 is 0 Å². The summed E-state index contributed by atoms with van der Waals surface area (Å²) < 4.78 is 0. The smallest absolute Gasteiger partial charge is 0.242 e. The molecular weight excluding hydrogens is 386 g/mol. The molecule has 0 saturated carbocycles. The average Bonchev–Trinajstić information content (AvgIpc) is 2.95. The number of hydrogen-bond acceptors (Lipinski definition) is 3. The molecule has 0 bridgehead atoms. The second kappa shape index (κ2) is 9.39. The van der Waals surface area contributed by atoms with Gasteiger partial charge in [-0.25, -0.2) is 0 Å². The summed E-state index contributed by atoms with van der Waals surface area (Å²) in [4.78, 5) is 34.5. The summed E-state index contributed by atoms with van der Waals surface area (Å²) in [5.41, 5.74) is 4.06. The number of nitrogens with zero attached hydrogens (tertiary/aromatic N) is 3. The van der Waals surface area contributed by atoms with Crippen LogP contribution in [0.5, 0.6) is 0 Å². The van der Waals surface area contributed by atoms with Gasteiger partial charge in [-0.3, -0.25) is 14.6 Å². The van der Waals surface area contributed by atoms with E-state index in [1.807, 2.05) is 91.9 Å². The first-order chi connectivity index (χ1) is 15.2. The zero-order valence-electron chi connectivity index (χ0n) is 17.6. The van der Waals surface area contributed by atoms with Gasteiger partial charge in [0.2, 0.25) is 11.8 Å².